The first-order valence-corrected chi connectivity index (χ1v) is 15.5. The molecule has 3 fully saturated rings. The Morgan fingerprint density at radius 3 is 2.82 bits per heavy atom. The van der Waals surface area contributed by atoms with Crippen LogP contribution < -0.4 is 0 Å². The Morgan fingerprint density at radius 1 is 1.31 bits per heavy atom. The van der Waals surface area contributed by atoms with E-state index in [0.717, 1.165) is 71.4 Å². The molecule has 3 unspecified atom stereocenters. The fraction of sp³-hybridized carbons (Fsp3) is 0.677. The van der Waals surface area contributed by atoms with E-state index in [1.807, 2.05) is 12.2 Å². The van der Waals surface area contributed by atoms with Crippen molar-refractivity contribution in [1.29, 1.82) is 5.26 Å². The first-order valence-electron chi connectivity index (χ1n) is 14.6. The third-order valence-electron chi connectivity index (χ3n) is 8.83. The van der Waals surface area contributed by atoms with Gasteiger partial charge in [0.05, 0.1) is 37.4 Å². The molecule has 4 rings (SSSR count). The highest BCUT2D eigenvalue weighted by Gasteiger charge is 2.45. The van der Waals surface area contributed by atoms with Crippen LogP contribution in [0.5, 0.6) is 0 Å². The van der Waals surface area contributed by atoms with E-state index in [0.29, 0.717) is 25.9 Å². The minimum absolute atomic E-state index is 0.0507. The van der Waals surface area contributed by atoms with Gasteiger partial charge in [0.2, 0.25) is 0 Å². The molecule has 2 aliphatic carbocycles. The molecule has 0 aromatic carbocycles. The largest absolute Gasteiger partial charge is 0.464 e. The van der Waals surface area contributed by atoms with E-state index in [4.69, 9.17) is 9.47 Å². The third kappa shape index (κ3) is 8.02. The van der Waals surface area contributed by atoms with Crippen LogP contribution in [0.15, 0.2) is 41.8 Å². The van der Waals surface area contributed by atoms with Crippen molar-refractivity contribution in [3.05, 3.63) is 46.7 Å². The molecule has 214 valence electrons. The van der Waals surface area contributed by atoms with Crippen molar-refractivity contribution in [3.8, 4) is 6.07 Å². The number of hydrogen-bond donors (Lipinski definition) is 2. The number of rotatable bonds is 14. The van der Waals surface area contributed by atoms with Crippen molar-refractivity contribution >= 4 is 17.3 Å². The van der Waals surface area contributed by atoms with Crippen LogP contribution in [-0.2, 0) is 19.7 Å². The van der Waals surface area contributed by atoms with Crippen LogP contribution in [0.3, 0.4) is 0 Å². The molecule has 1 aliphatic heterocycles. The van der Waals surface area contributed by atoms with E-state index < -0.39 is 12.2 Å². The molecule has 2 heterocycles. The SMILES string of the molecule is N#CC1C[C@@H](O)C(/C=C/CC(O)C2(c3cccs3)CCC2)[C@H]1C/C=C\CCCC(=O)OCCN1CCOCC1. The molecule has 0 bridgehead atoms. The Balaban J connectivity index is 1.18. The smallest absolute Gasteiger partial charge is 0.305 e. The maximum absolute atomic E-state index is 12.0. The van der Waals surface area contributed by atoms with Gasteiger partial charge < -0.3 is 19.7 Å². The summed E-state index contributed by atoms with van der Waals surface area (Å²) in [6, 6.07) is 6.58. The summed E-state index contributed by atoms with van der Waals surface area (Å²) in [6.45, 7) is 4.45. The number of thiophene rings is 1. The molecule has 1 aromatic rings. The average molecular weight is 557 g/mol. The zero-order valence-electron chi connectivity index (χ0n) is 23.0. The van der Waals surface area contributed by atoms with Crippen LogP contribution in [0, 0.1) is 29.1 Å². The Bertz CT molecular complexity index is 978. The normalized spacial score (nSPS) is 27.9. The number of nitriles is 1. The summed E-state index contributed by atoms with van der Waals surface area (Å²) >= 11 is 1.72. The van der Waals surface area contributed by atoms with Gasteiger partial charge in [-0.3, -0.25) is 9.69 Å². The number of morpholine rings is 1. The summed E-state index contributed by atoms with van der Waals surface area (Å²) in [7, 11) is 0. The van der Waals surface area contributed by atoms with Crippen LogP contribution >= 0.6 is 11.3 Å². The second kappa shape index (κ2) is 15.1. The van der Waals surface area contributed by atoms with E-state index in [2.05, 4.69) is 40.6 Å². The highest BCUT2D eigenvalue weighted by atomic mass is 32.1. The van der Waals surface area contributed by atoms with Gasteiger partial charge in [0.1, 0.15) is 6.61 Å². The van der Waals surface area contributed by atoms with Crippen LogP contribution in [-0.4, -0.2) is 72.7 Å². The van der Waals surface area contributed by atoms with Crippen molar-refractivity contribution in [2.24, 2.45) is 17.8 Å². The van der Waals surface area contributed by atoms with Gasteiger partial charge in [0, 0.05) is 42.3 Å². The standard InChI is InChI=1S/C31H44N2O5S/c32-23-24-22-27(34)26(9-5-10-28(35)31(13-7-14-31)29-11-6-21-39-29)25(24)8-3-1-2-4-12-30(36)38-20-17-33-15-18-37-19-16-33/h1,3,5-6,9,11,21,24-28,34-35H,2,4,7-8,10,12-20,22H2/b3-1-,9-5+/t24?,25-,26?,27+,28?/m0/s1. The Hall–Kier alpha value is -2.02. The van der Waals surface area contributed by atoms with Crippen LogP contribution in [0.2, 0.25) is 0 Å². The summed E-state index contributed by atoms with van der Waals surface area (Å²) < 4.78 is 10.7. The van der Waals surface area contributed by atoms with Crippen molar-refractivity contribution < 1.29 is 24.5 Å². The number of aliphatic hydroxyl groups excluding tert-OH is 2. The molecule has 1 saturated heterocycles. The quantitative estimate of drug-likeness (QED) is 0.196. The first kappa shape index (κ1) is 30.0. The number of ether oxygens (including phenoxy) is 2. The summed E-state index contributed by atoms with van der Waals surface area (Å²) in [5.74, 6) is -0.383. The highest BCUT2D eigenvalue weighted by Crippen LogP contribution is 2.49. The van der Waals surface area contributed by atoms with E-state index in [1.54, 1.807) is 11.3 Å². The van der Waals surface area contributed by atoms with Crippen molar-refractivity contribution in [3.63, 3.8) is 0 Å². The van der Waals surface area contributed by atoms with Gasteiger partial charge in [-0.15, -0.1) is 11.3 Å². The topological polar surface area (TPSA) is 103 Å². The summed E-state index contributed by atoms with van der Waals surface area (Å²) in [4.78, 5) is 15.5. The predicted octanol–water partition coefficient (Wildman–Crippen LogP) is 4.61. The molecular formula is C31H44N2O5S. The zero-order chi connectivity index (χ0) is 27.5. The van der Waals surface area contributed by atoms with E-state index in [-0.39, 0.29) is 29.1 Å². The first-order chi connectivity index (χ1) is 19.0. The van der Waals surface area contributed by atoms with Crippen molar-refractivity contribution in [1.82, 2.24) is 4.90 Å². The maximum atomic E-state index is 12.0. The lowest BCUT2D eigenvalue weighted by Crippen LogP contribution is -2.44. The van der Waals surface area contributed by atoms with E-state index in [9.17, 15) is 20.3 Å². The lowest BCUT2D eigenvalue weighted by molar-refractivity contribution is -0.144. The molecule has 0 spiro atoms. The number of carbonyl (C=O) groups is 1. The fourth-order valence-electron chi connectivity index (χ4n) is 6.26. The Labute approximate surface area is 237 Å². The molecule has 7 nitrogen and oxygen atoms in total. The van der Waals surface area contributed by atoms with Gasteiger partial charge in [-0.1, -0.05) is 36.8 Å². The number of carbonyl (C=O) groups excluding carboxylic acids is 1. The molecule has 0 radical (unpaired) electrons. The predicted molar refractivity (Wildman–Crippen MR) is 152 cm³/mol. The van der Waals surface area contributed by atoms with Gasteiger partial charge in [0.15, 0.2) is 0 Å². The van der Waals surface area contributed by atoms with E-state index in [1.165, 1.54) is 4.88 Å². The maximum Gasteiger partial charge on any atom is 0.305 e. The second-order valence-electron chi connectivity index (χ2n) is 11.2. The molecule has 5 atom stereocenters. The van der Waals surface area contributed by atoms with Crippen molar-refractivity contribution in [2.75, 3.05) is 39.5 Å². The van der Waals surface area contributed by atoms with Crippen LogP contribution in [0.4, 0.5) is 0 Å². The third-order valence-corrected chi connectivity index (χ3v) is 9.92. The summed E-state index contributed by atoms with van der Waals surface area (Å²) in [5, 5.41) is 33.5. The fourth-order valence-corrected chi connectivity index (χ4v) is 7.30. The van der Waals surface area contributed by atoms with Gasteiger partial charge in [-0.25, -0.2) is 0 Å². The number of hydrogen-bond acceptors (Lipinski definition) is 8. The Kier molecular flexibility index (Phi) is 11.6. The summed E-state index contributed by atoms with van der Waals surface area (Å²) in [6.07, 6.45) is 14.1. The minimum atomic E-state index is -0.538. The lowest BCUT2D eigenvalue weighted by Gasteiger charge is -2.45. The summed E-state index contributed by atoms with van der Waals surface area (Å²) in [5.41, 5.74) is -0.126. The van der Waals surface area contributed by atoms with Gasteiger partial charge in [-0.05, 0) is 62.3 Å². The van der Waals surface area contributed by atoms with Crippen molar-refractivity contribution in [2.45, 2.75) is 75.4 Å². The lowest BCUT2D eigenvalue weighted by atomic mass is 9.63. The molecule has 3 aliphatic rings. The molecular weight excluding hydrogens is 512 g/mol. The van der Waals surface area contributed by atoms with E-state index >= 15 is 0 Å². The number of allylic oxidation sites excluding steroid dienone is 2. The monoisotopic (exact) mass is 556 g/mol. The highest BCUT2D eigenvalue weighted by molar-refractivity contribution is 7.10. The van der Waals surface area contributed by atoms with Gasteiger partial charge in [0.25, 0.3) is 0 Å². The Morgan fingerprint density at radius 2 is 2.13 bits per heavy atom. The molecule has 2 N–H and O–H groups in total. The number of aliphatic hydroxyl groups is 2. The second-order valence-corrected chi connectivity index (χ2v) is 12.2. The molecule has 8 heteroatoms. The zero-order valence-corrected chi connectivity index (χ0v) is 23.8. The number of esters is 1. The molecule has 39 heavy (non-hydrogen) atoms. The molecule has 2 saturated carbocycles. The van der Waals surface area contributed by atoms with Crippen LogP contribution in [0.1, 0.15) is 62.7 Å². The van der Waals surface area contributed by atoms with Crippen LogP contribution in [0.25, 0.3) is 0 Å². The average Bonchev–Trinajstić information content (AvgIpc) is 3.55. The van der Waals surface area contributed by atoms with Gasteiger partial charge in [-0.2, -0.15) is 5.26 Å². The minimum Gasteiger partial charge on any atom is -0.464 e. The molecule has 0 amide bonds. The number of unbranched alkanes of at least 4 members (excludes halogenated alkanes) is 1. The molecule has 1 aromatic heterocycles. The number of nitrogens with zero attached hydrogens (tertiary/aromatic N) is 2. The van der Waals surface area contributed by atoms with Gasteiger partial charge >= 0.3 is 5.97 Å².